The molecule has 2 aromatic carbocycles. The van der Waals surface area contributed by atoms with Crippen molar-refractivity contribution in [2.24, 2.45) is 0 Å². The molecule has 4 nitrogen and oxygen atoms in total. The summed E-state index contributed by atoms with van der Waals surface area (Å²) < 4.78 is 104. The zero-order valence-electron chi connectivity index (χ0n) is 15.6. The van der Waals surface area contributed by atoms with E-state index in [1.54, 1.807) is 13.1 Å². The van der Waals surface area contributed by atoms with Crippen LogP contribution in [0.3, 0.4) is 0 Å². The fraction of sp³-hybridized carbons (Fsp3) is 0.333. The Morgan fingerprint density at radius 2 is 1.87 bits per heavy atom. The molecule has 2 aromatic rings. The summed E-state index contributed by atoms with van der Waals surface area (Å²) >= 11 is 5.69. The van der Waals surface area contributed by atoms with Crippen molar-refractivity contribution in [3.05, 3.63) is 52.3 Å². The Hall–Kier alpha value is -1.69. The summed E-state index contributed by atoms with van der Waals surface area (Å²) in [7, 11) is -6.94. The highest BCUT2D eigenvalue weighted by atomic mass is 35.5. The van der Waals surface area contributed by atoms with Crippen molar-refractivity contribution in [3.8, 4) is 11.5 Å². The lowest BCUT2D eigenvalue weighted by Gasteiger charge is -2.24. The molecule has 0 aliphatic heterocycles. The van der Waals surface area contributed by atoms with Gasteiger partial charge in [0.05, 0.1) is 9.92 Å². The van der Waals surface area contributed by atoms with Gasteiger partial charge in [0.1, 0.15) is 23.4 Å². The van der Waals surface area contributed by atoms with Crippen LogP contribution < -0.4 is 4.74 Å². The minimum atomic E-state index is -5.18. The van der Waals surface area contributed by atoms with Gasteiger partial charge in [0.2, 0.25) is 18.9 Å². The Labute approximate surface area is 176 Å². The van der Waals surface area contributed by atoms with Gasteiger partial charge in [0.15, 0.2) is 0 Å². The third kappa shape index (κ3) is 4.20. The van der Waals surface area contributed by atoms with Crippen LogP contribution >= 0.6 is 11.6 Å². The maximum atomic E-state index is 14.7. The zero-order valence-corrected chi connectivity index (χ0v) is 18.1. The van der Waals surface area contributed by atoms with Crippen molar-refractivity contribution in [2.75, 3.05) is 0 Å². The number of rotatable bonds is 6. The van der Waals surface area contributed by atoms with Gasteiger partial charge < -0.3 is 9.16 Å². The van der Waals surface area contributed by atoms with Gasteiger partial charge in [-0.05, 0) is 37.4 Å². The number of hydrogen-bond donors (Lipinski definition) is 0. The van der Waals surface area contributed by atoms with Crippen molar-refractivity contribution in [1.82, 2.24) is 0 Å². The first-order valence-corrected chi connectivity index (χ1v) is 12.8. The summed E-state index contributed by atoms with van der Waals surface area (Å²) in [4.78, 5) is -0.928. The van der Waals surface area contributed by atoms with Gasteiger partial charge in [0.25, 0.3) is 5.92 Å². The average Bonchev–Trinajstić information content (AvgIpc) is 2.89. The summed E-state index contributed by atoms with van der Waals surface area (Å²) in [6.45, 7) is 3.11. The lowest BCUT2D eigenvalue weighted by atomic mass is 10.1. The fourth-order valence-corrected chi connectivity index (χ4v) is 5.04. The summed E-state index contributed by atoms with van der Waals surface area (Å²) in [5.74, 6) is -8.26. The third-order valence-corrected chi connectivity index (χ3v) is 6.78. The molecule has 1 aliphatic carbocycles. The minimum Gasteiger partial charge on any atom is -0.457 e. The van der Waals surface area contributed by atoms with Crippen molar-refractivity contribution in [3.63, 3.8) is 0 Å². The first kappa shape index (κ1) is 23.0. The molecule has 0 fully saturated rings. The predicted molar refractivity (Wildman–Crippen MR) is 101 cm³/mol. The van der Waals surface area contributed by atoms with Crippen LogP contribution in [0.4, 0.5) is 22.0 Å². The second-order valence-electron chi connectivity index (χ2n) is 6.78. The molecule has 0 amide bonds. The molecule has 0 N–H and O–H groups in total. The molecule has 1 aliphatic rings. The van der Waals surface area contributed by atoms with E-state index in [4.69, 9.17) is 20.8 Å². The standard InChI is InChI=1S/C18H15ClF5O4SSi/c1-30(2)28-16-15-10(8-18(16,23)24)13(5-6-14(15)29(25,26)17(21)22)27-9-3-4-12(20)11(19)7-9/h3-7,16-17H,8H2,1-2H3. The van der Waals surface area contributed by atoms with E-state index in [1.165, 1.54) is 6.07 Å². The van der Waals surface area contributed by atoms with E-state index < -0.39 is 59.4 Å². The molecule has 1 atom stereocenters. The lowest BCUT2D eigenvalue weighted by molar-refractivity contribution is -0.0868. The Morgan fingerprint density at radius 3 is 2.43 bits per heavy atom. The molecular formula is C18H15ClF5O4SSi. The van der Waals surface area contributed by atoms with Crippen molar-refractivity contribution in [2.45, 2.75) is 42.2 Å². The summed E-state index contributed by atoms with van der Waals surface area (Å²) in [5, 5.41) is -0.281. The maximum Gasteiger partial charge on any atom is 0.341 e. The van der Waals surface area contributed by atoms with Gasteiger partial charge in [-0.2, -0.15) is 8.78 Å². The molecule has 1 unspecified atom stereocenters. The van der Waals surface area contributed by atoms with E-state index >= 15 is 0 Å². The zero-order chi connectivity index (χ0) is 22.4. The van der Waals surface area contributed by atoms with Crippen LogP contribution in [0.25, 0.3) is 0 Å². The van der Waals surface area contributed by atoms with Gasteiger partial charge >= 0.3 is 5.76 Å². The molecule has 0 saturated carbocycles. The molecule has 1 radical (unpaired) electrons. The van der Waals surface area contributed by atoms with Crippen molar-refractivity contribution >= 4 is 30.5 Å². The minimum absolute atomic E-state index is 0.00325. The van der Waals surface area contributed by atoms with Gasteiger partial charge in [-0.25, -0.2) is 21.6 Å². The van der Waals surface area contributed by atoms with E-state index in [0.717, 1.165) is 24.3 Å². The number of halogens is 6. The molecule has 163 valence electrons. The second-order valence-corrected chi connectivity index (χ2v) is 11.1. The van der Waals surface area contributed by atoms with E-state index in [-0.39, 0.29) is 22.1 Å². The number of benzene rings is 2. The molecule has 12 heteroatoms. The number of hydrogen-bond acceptors (Lipinski definition) is 4. The number of sulfone groups is 1. The smallest absolute Gasteiger partial charge is 0.341 e. The summed E-state index contributed by atoms with van der Waals surface area (Å²) in [6, 6.07) is 5.09. The van der Waals surface area contributed by atoms with Crippen molar-refractivity contribution < 1.29 is 39.5 Å². The van der Waals surface area contributed by atoms with E-state index in [2.05, 4.69) is 0 Å². The Balaban J connectivity index is 2.19. The van der Waals surface area contributed by atoms with E-state index in [0.29, 0.717) is 0 Å². The molecule has 30 heavy (non-hydrogen) atoms. The maximum absolute atomic E-state index is 14.7. The highest BCUT2D eigenvalue weighted by Crippen LogP contribution is 2.52. The fourth-order valence-electron chi connectivity index (χ4n) is 3.12. The van der Waals surface area contributed by atoms with Gasteiger partial charge in [-0.1, -0.05) is 11.6 Å². The normalized spacial score (nSPS) is 18.1. The second kappa shape index (κ2) is 8.10. The molecule has 0 heterocycles. The molecule has 0 bridgehead atoms. The molecular weight excluding hydrogens is 471 g/mol. The first-order chi connectivity index (χ1) is 13.8. The highest BCUT2D eigenvalue weighted by Gasteiger charge is 2.53. The van der Waals surface area contributed by atoms with Crippen LogP contribution in [-0.4, -0.2) is 29.1 Å². The summed E-state index contributed by atoms with van der Waals surface area (Å²) in [6.07, 6.45) is -2.99. The highest BCUT2D eigenvalue weighted by molar-refractivity contribution is 7.91. The molecule has 3 rings (SSSR count). The quantitative estimate of drug-likeness (QED) is 0.385. The molecule has 0 saturated heterocycles. The van der Waals surface area contributed by atoms with Gasteiger partial charge in [-0.3, -0.25) is 0 Å². The monoisotopic (exact) mass is 485 g/mol. The van der Waals surface area contributed by atoms with Crippen LogP contribution in [-0.2, 0) is 20.7 Å². The average molecular weight is 486 g/mol. The number of alkyl halides is 4. The van der Waals surface area contributed by atoms with Crippen LogP contribution in [0.1, 0.15) is 17.2 Å². The van der Waals surface area contributed by atoms with E-state index in [1.807, 2.05) is 0 Å². The van der Waals surface area contributed by atoms with E-state index in [9.17, 15) is 30.4 Å². The van der Waals surface area contributed by atoms with Crippen LogP contribution in [0.15, 0.2) is 35.2 Å². The largest absolute Gasteiger partial charge is 0.457 e. The predicted octanol–water partition coefficient (Wildman–Crippen LogP) is 5.77. The molecule has 0 aromatic heterocycles. The van der Waals surface area contributed by atoms with Crippen molar-refractivity contribution in [1.29, 1.82) is 0 Å². The topological polar surface area (TPSA) is 52.6 Å². The van der Waals surface area contributed by atoms with Gasteiger partial charge in [0, 0.05) is 23.6 Å². The third-order valence-electron chi connectivity index (χ3n) is 4.35. The first-order valence-electron chi connectivity index (χ1n) is 8.50. The Bertz CT molecular complexity index is 1080. The van der Waals surface area contributed by atoms with Gasteiger partial charge in [-0.15, -0.1) is 0 Å². The SMILES string of the molecule is C[Si](C)OC1c2c(S(=O)(=O)C(F)F)ccc(Oc3ccc(F)c(Cl)c3)c2CC1(F)F. The van der Waals surface area contributed by atoms with Crippen LogP contribution in [0.5, 0.6) is 11.5 Å². The van der Waals surface area contributed by atoms with Crippen LogP contribution in [0, 0.1) is 5.82 Å². The number of fused-ring (bicyclic) bond motifs is 1. The lowest BCUT2D eigenvalue weighted by Crippen LogP contribution is -2.29. The Morgan fingerprint density at radius 1 is 1.20 bits per heavy atom. The van der Waals surface area contributed by atoms with Crippen LogP contribution in [0.2, 0.25) is 18.1 Å². The number of ether oxygens (including phenoxy) is 1. The molecule has 0 spiro atoms. The Kier molecular flexibility index (Phi) is 6.20. The summed E-state index contributed by atoms with van der Waals surface area (Å²) in [5.41, 5.74) is -0.812.